The molecule has 0 saturated carbocycles. The number of non-ortho nitro benzene ring substituents is 1. The van der Waals surface area contributed by atoms with Crippen LogP contribution in [0.4, 0.5) is 11.4 Å². The van der Waals surface area contributed by atoms with Gasteiger partial charge in [0.2, 0.25) is 5.75 Å². The number of ether oxygens (including phenoxy) is 1. The van der Waals surface area contributed by atoms with Gasteiger partial charge in [-0.3, -0.25) is 34.4 Å². The number of aromatic hydroxyl groups is 1. The van der Waals surface area contributed by atoms with E-state index in [-0.39, 0.29) is 26.4 Å². The van der Waals surface area contributed by atoms with E-state index in [2.05, 4.69) is 4.99 Å². The van der Waals surface area contributed by atoms with E-state index in [4.69, 9.17) is 4.74 Å². The molecule has 1 aromatic heterocycles. The molecule has 0 bridgehead atoms. The van der Waals surface area contributed by atoms with Crippen molar-refractivity contribution in [2.45, 2.75) is 26.8 Å². The number of nitro groups is 2. The van der Waals surface area contributed by atoms with Gasteiger partial charge in [0.05, 0.1) is 38.8 Å². The SMILES string of the molecule is CCN(CC)C(=O)C1=C(C)N=c2s/c(=C/c3cc([N+](=O)[O-])cc([N+](=O)[O-])c3O)c(=O)n2[C@@H]1c1ccccc1OC. The number of aromatic nitrogens is 1. The van der Waals surface area contributed by atoms with Crippen LogP contribution in [0.25, 0.3) is 6.08 Å². The molecule has 3 aromatic rings. The Morgan fingerprint density at radius 3 is 2.48 bits per heavy atom. The van der Waals surface area contributed by atoms with Crippen molar-refractivity contribution in [2.24, 2.45) is 4.99 Å². The summed E-state index contributed by atoms with van der Waals surface area (Å²) in [6, 6.07) is 7.62. The zero-order valence-corrected chi connectivity index (χ0v) is 22.8. The molecule has 1 atom stereocenters. The van der Waals surface area contributed by atoms with Gasteiger partial charge < -0.3 is 14.7 Å². The Morgan fingerprint density at radius 1 is 1.20 bits per heavy atom. The number of para-hydroxylation sites is 1. The number of likely N-dealkylation sites (N-methyl/N-ethyl adjacent to an activating group) is 1. The van der Waals surface area contributed by atoms with E-state index in [1.54, 1.807) is 36.1 Å². The minimum Gasteiger partial charge on any atom is -0.502 e. The second-order valence-electron chi connectivity index (χ2n) is 8.72. The van der Waals surface area contributed by atoms with Crippen LogP contribution in [0.5, 0.6) is 11.5 Å². The van der Waals surface area contributed by atoms with Gasteiger partial charge in [0, 0.05) is 30.3 Å². The maximum absolute atomic E-state index is 13.9. The summed E-state index contributed by atoms with van der Waals surface area (Å²) in [6.07, 6.45) is 1.14. The molecule has 14 heteroatoms. The second kappa shape index (κ2) is 11.1. The molecule has 0 aliphatic carbocycles. The summed E-state index contributed by atoms with van der Waals surface area (Å²) in [7, 11) is 1.48. The Morgan fingerprint density at radius 2 is 1.88 bits per heavy atom. The van der Waals surface area contributed by atoms with Crippen molar-refractivity contribution >= 4 is 34.7 Å². The molecular weight excluding hydrogens is 542 g/mol. The van der Waals surface area contributed by atoms with Crippen molar-refractivity contribution in [3.63, 3.8) is 0 Å². The van der Waals surface area contributed by atoms with Gasteiger partial charge in [0.15, 0.2) is 4.80 Å². The van der Waals surface area contributed by atoms with Crippen LogP contribution in [0.3, 0.4) is 0 Å². The lowest BCUT2D eigenvalue weighted by Crippen LogP contribution is -2.43. The van der Waals surface area contributed by atoms with E-state index < -0.39 is 38.6 Å². The third-order valence-electron chi connectivity index (χ3n) is 6.53. The number of rotatable bonds is 8. The monoisotopic (exact) mass is 567 g/mol. The summed E-state index contributed by atoms with van der Waals surface area (Å²) in [6.45, 7) is 6.22. The molecular formula is C26H25N5O8S. The van der Waals surface area contributed by atoms with E-state index in [1.807, 2.05) is 13.8 Å². The quantitative estimate of drug-likeness (QED) is 0.320. The number of carbonyl (C=O) groups is 1. The zero-order chi connectivity index (χ0) is 29.3. The van der Waals surface area contributed by atoms with Crippen molar-refractivity contribution in [1.82, 2.24) is 9.47 Å². The van der Waals surface area contributed by atoms with Gasteiger partial charge in [-0.2, -0.15) is 0 Å². The maximum atomic E-state index is 13.9. The number of hydrogen-bond donors (Lipinski definition) is 1. The number of carbonyl (C=O) groups excluding carboxylic acids is 1. The van der Waals surface area contributed by atoms with Crippen molar-refractivity contribution < 1.29 is 24.5 Å². The van der Waals surface area contributed by atoms with Crippen LogP contribution in [0, 0.1) is 20.2 Å². The molecule has 0 spiro atoms. The van der Waals surface area contributed by atoms with Crippen LogP contribution in [0.1, 0.15) is 37.9 Å². The van der Waals surface area contributed by atoms with Crippen molar-refractivity contribution in [3.8, 4) is 11.5 Å². The highest BCUT2D eigenvalue weighted by molar-refractivity contribution is 7.07. The third-order valence-corrected chi connectivity index (χ3v) is 7.52. The Kier molecular flexibility index (Phi) is 7.81. The number of amides is 1. The zero-order valence-electron chi connectivity index (χ0n) is 22.0. The minimum absolute atomic E-state index is 0.00641. The molecule has 0 unspecified atom stereocenters. The van der Waals surface area contributed by atoms with Crippen LogP contribution >= 0.6 is 11.3 Å². The average Bonchev–Trinajstić information content (AvgIpc) is 3.23. The maximum Gasteiger partial charge on any atom is 0.318 e. The Labute approximate surface area is 230 Å². The van der Waals surface area contributed by atoms with Gasteiger partial charge in [-0.25, -0.2) is 4.99 Å². The van der Waals surface area contributed by atoms with Crippen molar-refractivity contribution in [3.05, 3.63) is 98.7 Å². The van der Waals surface area contributed by atoms with E-state index >= 15 is 0 Å². The predicted octanol–water partition coefficient (Wildman–Crippen LogP) is 2.63. The molecule has 2 heterocycles. The summed E-state index contributed by atoms with van der Waals surface area (Å²) >= 11 is 0.921. The van der Waals surface area contributed by atoms with E-state index in [0.29, 0.717) is 36.2 Å². The molecule has 4 rings (SSSR count). The first-order valence-corrected chi connectivity index (χ1v) is 13.0. The highest BCUT2D eigenvalue weighted by Crippen LogP contribution is 2.37. The molecule has 2 aromatic carbocycles. The fourth-order valence-corrected chi connectivity index (χ4v) is 5.62. The summed E-state index contributed by atoms with van der Waals surface area (Å²) in [5, 5.41) is 33.3. The standard InChI is InChI=1S/C26H25N5O8S/c1-5-28(6-2)25(34)21-14(3)27-26-29(22(21)17-9-7-8-10-19(17)39-4)24(33)20(40-26)12-15-11-16(30(35)36)13-18(23(15)32)31(37)38/h7-13,22,32H,5-6H2,1-4H3/b20-12+/t22-/m1/s1. The largest absolute Gasteiger partial charge is 0.502 e. The van der Waals surface area contributed by atoms with Gasteiger partial charge in [-0.05, 0) is 32.9 Å². The highest BCUT2D eigenvalue weighted by Gasteiger charge is 2.35. The Bertz CT molecular complexity index is 1750. The molecule has 1 aliphatic rings. The lowest BCUT2D eigenvalue weighted by Gasteiger charge is -2.29. The van der Waals surface area contributed by atoms with Gasteiger partial charge >= 0.3 is 5.69 Å². The van der Waals surface area contributed by atoms with Gasteiger partial charge in [-0.1, -0.05) is 29.5 Å². The molecule has 1 aliphatic heterocycles. The lowest BCUT2D eigenvalue weighted by molar-refractivity contribution is -0.394. The first kappa shape index (κ1) is 28.2. The van der Waals surface area contributed by atoms with Crippen LogP contribution in [-0.2, 0) is 4.79 Å². The van der Waals surface area contributed by atoms with Crippen molar-refractivity contribution in [1.29, 1.82) is 0 Å². The first-order chi connectivity index (χ1) is 19.0. The van der Waals surface area contributed by atoms with Crippen LogP contribution in [0.15, 0.2) is 57.5 Å². The third kappa shape index (κ3) is 4.84. The Balaban J connectivity index is 2.04. The Hall–Kier alpha value is -4.85. The van der Waals surface area contributed by atoms with Gasteiger partial charge in [0.1, 0.15) is 11.8 Å². The molecule has 0 radical (unpaired) electrons. The summed E-state index contributed by atoms with van der Waals surface area (Å²) in [5.74, 6) is -0.687. The number of thiazole rings is 1. The van der Waals surface area contributed by atoms with Crippen LogP contribution in [-0.4, -0.2) is 50.5 Å². The fraction of sp³-hybridized carbons (Fsp3) is 0.269. The van der Waals surface area contributed by atoms with E-state index in [0.717, 1.165) is 23.5 Å². The highest BCUT2D eigenvalue weighted by atomic mass is 32.1. The first-order valence-electron chi connectivity index (χ1n) is 12.1. The average molecular weight is 568 g/mol. The number of phenolic OH excluding ortho intramolecular Hbond substituents is 1. The molecule has 40 heavy (non-hydrogen) atoms. The molecule has 0 saturated heterocycles. The number of phenols is 1. The van der Waals surface area contributed by atoms with Crippen LogP contribution in [0.2, 0.25) is 0 Å². The molecule has 208 valence electrons. The number of fused-ring (bicyclic) bond motifs is 1. The van der Waals surface area contributed by atoms with Gasteiger partial charge in [-0.15, -0.1) is 0 Å². The summed E-state index contributed by atoms with van der Waals surface area (Å²) in [4.78, 5) is 55.0. The molecule has 1 N–H and O–H groups in total. The van der Waals surface area contributed by atoms with E-state index in [9.17, 15) is 34.9 Å². The van der Waals surface area contributed by atoms with Gasteiger partial charge in [0.25, 0.3) is 17.2 Å². The topological polar surface area (TPSA) is 170 Å². The lowest BCUT2D eigenvalue weighted by atomic mass is 9.94. The summed E-state index contributed by atoms with van der Waals surface area (Å²) < 4.78 is 6.89. The fourth-order valence-electron chi connectivity index (χ4n) is 4.58. The summed E-state index contributed by atoms with van der Waals surface area (Å²) in [5.41, 5.74) is -1.17. The normalized spacial score (nSPS) is 14.9. The van der Waals surface area contributed by atoms with E-state index in [1.165, 1.54) is 11.7 Å². The predicted molar refractivity (Wildman–Crippen MR) is 146 cm³/mol. The number of benzene rings is 2. The number of nitro benzene ring substituents is 2. The molecule has 1 amide bonds. The minimum atomic E-state index is -0.947. The molecule has 13 nitrogen and oxygen atoms in total. The molecule has 0 fully saturated rings. The number of methoxy groups -OCH3 is 1. The van der Waals surface area contributed by atoms with Crippen LogP contribution < -0.4 is 19.6 Å². The smallest absolute Gasteiger partial charge is 0.318 e. The number of nitrogens with zero attached hydrogens (tertiary/aromatic N) is 5. The number of allylic oxidation sites excluding steroid dienone is 1. The second-order valence-corrected chi connectivity index (χ2v) is 9.73. The number of hydrogen-bond acceptors (Lipinski definition) is 10. The van der Waals surface area contributed by atoms with Crippen molar-refractivity contribution in [2.75, 3.05) is 20.2 Å².